The molecule has 2 fully saturated rings. The van der Waals surface area contributed by atoms with Gasteiger partial charge in [-0.15, -0.1) is 0 Å². The highest BCUT2D eigenvalue weighted by Crippen LogP contribution is 2.52. The van der Waals surface area contributed by atoms with Crippen LogP contribution in [0.25, 0.3) is 0 Å². The van der Waals surface area contributed by atoms with Crippen LogP contribution in [0.5, 0.6) is 17.2 Å². The van der Waals surface area contributed by atoms with Crippen LogP contribution in [0.4, 0.5) is 0 Å². The van der Waals surface area contributed by atoms with Crippen LogP contribution in [0.3, 0.4) is 0 Å². The van der Waals surface area contributed by atoms with E-state index in [-0.39, 0.29) is 42.3 Å². The maximum atomic E-state index is 12.7. The van der Waals surface area contributed by atoms with Crippen LogP contribution in [0.2, 0.25) is 0 Å². The topological polar surface area (TPSA) is 77.4 Å². The molecule has 2 heterocycles. The third kappa shape index (κ3) is 3.12. The molecule has 4 unspecified atom stereocenters. The van der Waals surface area contributed by atoms with Crippen molar-refractivity contribution in [2.45, 2.75) is 13.0 Å². The first kappa shape index (κ1) is 19.5. The van der Waals surface area contributed by atoms with Crippen LogP contribution in [0, 0.1) is 23.7 Å². The van der Waals surface area contributed by atoms with E-state index in [1.165, 1.54) is 0 Å². The van der Waals surface area contributed by atoms with Crippen LogP contribution in [0.1, 0.15) is 17.5 Å². The average Bonchev–Trinajstić information content (AvgIpc) is 3.56. The fourth-order valence-electron chi connectivity index (χ4n) is 5.03. The minimum atomic E-state index is -0.242. The highest BCUT2D eigenvalue weighted by atomic mass is 79.9. The van der Waals surface area contributed by atoms with Gasteiger partial charge in [0.05, 0.1) is 22.5 Å². The number of nitrogens with zero attached hydrogens (tertiary/aromatic N) is 2. The maximum absolute atomic E-state index is 12.7. The standard InChI is InChI=1S/C24H19BrN2O5/c25-17-7-13(1-5-18(17)30-11-14-2-6-19-20(8-14)32-12-31-19)10-26-27-23(28)21-15-3-4-16(9-15)22(21)24(27)29/h1-8,10,15-16,21-22H,9,11-12H2. The molecular formula is C24H19BrN2O5. The molecule has 2 aliphatic heterocycles. The zero-order valence-electron chi connectivity index (χ0n) is 16.9. The van der Waals surface area contributed by atoms with E-state index >= 15 is 0 Å². The number of amides is 2. The van der Waals surface area contributed by atoms with E-state index in [9.17, 15) is 9.59 Å². The third-order valence-corrected chi connectivity index (χ3v) is 7.18. The molecule has 2 amide bonds. The van der Waals surface area contributed by atoms with Gasteiger partial charge in [-0.1, -0.05) is 18.2 Å². The Morgan fingerprint density at radius 3 is 2.53 bits per heavy atom. The van der Waals surface area contributed by atoms with Crippen LogP contribution < -0.4 is 14.2 Å². The number of hydrogen-bond donors (Lipinski definition) is 0. The quantitative estimate of drug-likeness (QED) is 0.357. The molecule has 0 radical (unpaired) electrons. The lowest BCUT2D eigenvalue weighted by Crippen LogP contribution is -2.28. The second-order valence-electron chi connectivity index (χ2n) is 8.40. The summed E-state index contributed by atoms with van der Waals surface area (Å²) in [7, 11) is 0. The summed E-state index contributed by atoms with van der Waals surface area (Å²) in [5.41, 5.74) is 1.72. The van der Waals surface area contributed by atoms with Crippen LogP contribution >= 0.6 is 15.9 Å². The molecule has 2 bridgehead atoms. The number of hydrogen-bond acceptors (Lipinski definition) is 6. The summed E-state index contributed by atoms with van der Waals surface area (Å²) in [6.45, 7) is 0.612. The first-order valence-corrected chi connectivity index (χ1v) is 11.3. The lowest BCUT2D eigenvalue weighted by molar-refractivity contribution is -0.140. The number of rotatable bonds is 5. The van der Waals surface area contributed by atoms with Crippen LogP contribution in [-0.2, 0) is 16.2 Å². The molecule has 0 aromatic heterocycles. The smallest absolute Gasteiger partial charge is 0.254 e. The van der Waals surface area contributed by atoms with Crippen LogP contribution in [-0.4, -0.2) is 29.8 Å². The maximum Gasteiger partial charge on any atom is 0.254 e. The number of ether oxygens (including phenoxy) is 3. The number of allylic oxidation sites excluding steroid dienone is 2. The highest BCUT2D eigenvalue weighted by molar-refractivity contribution is 9.10. The van der Waals surface area contributed by atoms with E-state index in [1.807, 2.05) is 36.4 Å². The summed E-state index contributed by atoms with van der Waals surface area (Å²) in [4.78, 5) is 25.5. The van der Waals surface area contributed by atoms with Gasteiger partial charge < -0.3 is 14.2 Å². The molecule has 2 aromatic rings. The van der Waals surface area contributed by atoms with Gasteiger partial charge in [-0.2, -0.15) is 10.1 Å². The summed E-state index contributed by atoms with van der Waals surface area (Å²) in [6.07, 6.45) is 6.59. The van der Waals surface area contributed by atoms with Crippen molar-refractivity contribution in [3.05, 3.63) is 64.1 Å². The van der Waals surface area contributed by atoms with E-state index in [4.69, 9.17) is 14.2 Å². The summed E-state index contributed by atoms with van der Waals surface area (Å²) < 4.78 is 17.4. The zero-order valence-corrected chi connectivity index (χ0v) is 18.5. The predicted octanol–water partition coefficient (Wildman–Crippen LogP) is 3.90. The Balaban J connectivity index is 1.13. The molecule has 2 aliphatic carbocycles. The molecule has 6 rings (SSSR count). The van der Waals surface area contributed by atoms with Gasteiger partial charge in [-0.05, 0) is 75.6 Å². The Morgan fingerprint density at radius 2 is 1.78 bits per heavy atom. The van der Waals surface area contributed by atoms with Gasteiger partial charge >= 0.3 is 0 Å². The molecule has 7 nitrogen and oxygen atoms in total. The van der Waals surface area contributed by atoms with Crippen molar-refractivity contribution in [1.82, 2.24) is 5.01 Å². The van der Waals surface area contributed by atoms with Crippen molar-refractivity contribution in [1.29, 1.82) is 0 Å². The van der Waals surface area contributed by atoms with Crippen molar-refractivity contribution in [2.24, 2.45) is 28.8 Å². The normalized spacial score (nSPS) is 27.1. The van der Waals surface area contributed by atoms with Crippen LogP contribution in [0.15, 0.2) is 58.1 Å². The van der Waals surface area contributed by atoms with Crippen molar-refractivity contribution in [2.75, 3.05) is 6.79 Å². The fraction of sp³-hybridized carbons (Fsp3) is 0.292. The molecule has 4 aliphatic rings. The predicted molar refractivity (Wildman–Crippen MR) is 118 cm³/mol. The third-order valence-electron chi connectivity index (χ3n) is 6.56. The van der Waals surface area contributed by atoms with Gasteiger partial charge in [0.1, 0.15) is 12.4 Å². The second kappa shape index (κ2) is 7.48. The van der Waals surface area contributed by atoms with E-state index in [0.29, 0.717) is 12.4 Å². The van der Waals surface area contributed by atoms with Gasteiger partial charge in [0.15, 0.2) is 11.5 Å². The monoisotopic (exact) mass is 494 g/mol. The number of halogens is 1. The Hall–Kier alpha value is -3.13. The fourth-order valence-corrected chi connectivity index (χ4v) is 5.54. The lowest BCUT2D eigenvalue weighted by Gasteiger charge is -2.13. The van der Waals surface area contributed by atoms with E-state index in [2.05, 4.69) is 33.2 Å². The van der Waals surface area contributed by atoms with Gasteiger partial charge in [-0.3, -0.25) is 9.59 Å². The zero-order chi connectivity index (χ0) is 21.8. The van der Waals surface area contributed by atoms with Gasteiger partial charge in [0, 0.05) is 0 Å². The number of fused-ring (bicyclic) bond motifs is 6. The molecule has 1 saturated heterocycles. The van der Waals surface area contributed by atoms with Crippen molar-refractivity contribution < 1.29 is 23.8 Å². The van der Waals surface area contributed by atoms with E-state index in [0.717, 1.165) is 38.5 Å². The molecule has 0 N–H and O–H groups in total. The molecule has 0 spiro atoms. The molecule has 4 atom stereocenters. The van der Waals surface area contributed by atoms with E-state index in [1.54, 1.807) is 6.21 Å². The second-order valence-corrected chi connectivity index (χ2v) is 9.25. The Labute approximate surface area is 192 Å². The first-order valence-electron chi connectivity index (χ1n) is 10.5. The van der Waals surface area contributed by atoms with Gasteiger partial charge in [-0.25, -0.2) is 0 Å². The average molecular weight is 495 g/mol. The minimum Gasteiger partial charge on any atom is -0.488 e. The summed E-state index contributed by atoms with van der Waals surface area (Å²) in [5.74, 6) is 1.63. The van der Waals surface area contributed by atoms with Gasteiger partial charge in [0.2, 0.25) is 6.79 Å². The first-order chi connectivity index (χ1) is 15.6. The molecule has 1 saturated carbocycles. The summed E-state index contributed by atoms with van der Waals surface area (Å²) >= 11 is 3.52. The van der Waals surface area contributed by atoms with E-state index < -0.39 is 0 Å². The minimum absolute atomic E-state index is 0.178. The number of imide groups is 1. The Bertz CT molecular complexity index is 1160. The van der Waals surface area contributed by atoms with Crippen molar-refractivity contribution >= 4 is 34.0 Å². The molecule has 162 valence electrons. The lowest BCUT2D eigenvalue weighted by atomic mass is 9.85. The number of carbonyl (C=O) groups is 2. The summed E-state index contributed by atoms with van der Waals surface area (Å²) in [5, 5.41) is 5.28. The number of hydrazone groups is 1. The number of benzene rings is 2. The van der Waals surface area contributed by atoms with Gasteiger partial charge in [0.25, 0.3) is 11.8 Å². The molecular weight excluding hydrogens is 476 g/mol. The van der Waals surface area contributed by atoms with Crippen molar-refractivity contribution in [3.8, 4) is 17.2 Å². The molecule has 8 heteroatoms. The highest BCUT2D eigenvalue weighted by Gasteiger charge is 2.59. The largest absolute Gasteiger partial charge is 0.488 e. The molecule has 2 aromatic carbocycles. The van der Waals surface area contributed by atoms with Crippen molar-refractivity contribution in [3.63, 3.8) is 0 Å². The number of carbonyl (C=O) groups excluding carboxylic acids is 2. The summed E-state index contributed by atoms with van der Waals surface area (Å²) in [6, 6.07) is 11.2. The SMILES string of the molecule is O=C1C2C3C=CC(C3)C2C(=O)N1N=Cc1ccc(OCc2ccc3c(c2)OCO3)c(Br)c1. The Morgan fingerprint density at radius 1 is 1.03 bits per heavy atom. The Kier molecular flexibility index (Phi) is 4.57. The molecule has 32 heavy (non-hydrogen) atoms.